The lowest BCUT2D eigenvalue weighted by Gasteiger charge is -2.06. The molecule has 0 unspecified atom stereocenters. The largest absolute Gasteiger partial charge is 0.490 e. The van der Waals surface area contributed by atoms with Gasteiger partial charge in [-0.2, -0.15) is 0 Å². The molecule has 1 aromatic heterocycles. The number of thiophene rings is 1. The predicted octanol–water partition coefficient (Wildman–Crippen LogP) is 4.20. The van der Waals surface area contributed by atoms with Gasteiger partial charge in [0.25, 0.3) is 0 Å². The number of rotatable bonds is 2. The van der Waals surface area contributed by atoms with Crippen molar-refractivity contribution in [2.45, 2.75) is 6.92 Å². The van der Waals surface area contributed by atoms with Crippen LogP contribution in [-0.4, -0.2) is 6.61 Å². The molecule has 74 valence electrons. The third kappa shape index (κ3) is 1.53. The van der Waals surface area contributed by atoms with Gasteiger partial charge < -0.3 is 4.74 Å². The molecule has 1 nitrogen and oxygen atoms in total. The molecular weight excluding hydrogens is 267 g/mol. The molecule has 0 spiro atoms. The van der Waals surface area contributed by atoms with Gasteiger partial charge in [0.15, 0.2) is 11.6 Å². The average molecular weight is 275 g/mol. The summed E-state index contributed by atoms with van der Waals surface area (Å²) >= 11 is 4.95. The maximum atomic E-state index is 13.4. The normalized spacial score (nSPS) is 10.8. The van der Waals surface area contributed by atoms with Crippen LogP contribution in [0.25, 0.3) is 10.1 Å². The van der Waals surface area contributed by atoms with Crippen LogP contribution >= 0.6 is 27.3 Å². The minimum atomic E-state index is -0.307. The maximum Gasteiger partial charge on any atom is 0.165 e. The molecule has 0 bridgehead atoms. The molecule has 0 saturated heterocycles. The zero-order chi connectivity index (χ0) is 10.1. The van der Waals surface area contributed by atoms with Crippen LogP contribution in [0.3, 0.4) is 0 Å². The smallest absolute Gasteiger partial charge is 0.165 e. The number of hydrogen-bond donors (Lipinski definition) is 0. The lowest BCUT2D eigenvalue weighted by Crippen LogP contribution is -1.94. The molecule has 0 aliphatic rings. The van der Waals surface area contributed by atoms with Crippen LogP contribution in [0.15, 0.2) is 22.0 Å². The van der Waals surface area contributed by atoms with Crippen molar-refractivity contribution in [2.24, 2.45) is 0 Å². The van der Waals surface area contributed by atoms with Crippen LogP contribution in [0.1, 0.15) is 6.92 Å². The summed E-state index contributed by atoms with van der Waals surface area (Å²) in [5, 5.41) is 2.77. The highest BCUT2D eigenvalue weighted by Gasteiger charge is 2.12. The van der Waals surface area contributed by atoms with E-state index in [4.69, 9.17) is 4.74 Å². The zero-order valence-corrected chi connectivity index (χ0v) is 9.91. The lowest BCUT2D eigenvalue weighted by molar-refractivity contribution is 0.326. The molecule has 1 aromatic carbocycles. The van der Waals surface area contributed by atoms with Crippen molar-refractivity contribution in [3.8, 4) is 5.75 Å². The van der Waals surface area contributed by atoms with E-state index in [1.807, 2.05) is 12.3 Å². The molecule has 0 fully saturated rings. The standard InChI is InChI=1S/C10H8BrFOS/c1-2-13-10-7(12)3-4-8-9(10)6(11)5-14-8/h3-5H,2H2,1H3. The van der Waals surface area contributed by atoms with Crippen LogP contribution in [0, 0.1) is 5.82 Å². The molecule has 0 aliphatic heterocycles. The van der Waals surface area contributed by atoms with Crippen LogP contribution < -0.4 is 4.74 Å². The number of hydrogen-bond acceptors (Lipinski definition) is 2. The van der Waals surface area contributed by atoms with E-state index < -0.39 is 0 Å². The number of fused-ring (bicyclic) bond motifs is 1. The summed E-state index contributed by atoms with van der Waals surface area (Å²) in [7, 11) is 0. The summed E-state index contributed by atoms with van der Waals surface area (Å²) in [5.41, 5.74) is 0. The molecule has 1 heterocycles. The third-order valence-corrected chi connectivity index (χ3v) is 3.76. The first-order valence-corrected chi connectivity index (χ1v) is 5.89. The number of halogens is 2. The van der Waals surface area contributed by atoms with Crippen LogP contribution in [-0.2, 0) is 0 Å². The summed E-state index contributed by atoms with van der Waals surface area (Å²) in [6.45, 7) is 2.32. The van der Waals surface area contributed by atoms with E-state index in [9.17, 15) is 4.39 Å². The Kier molecular flexibility index (Phi) is 2.74. The Morgan fingerprint density at radius 3 is 3.00 bits per heavy atom. The van der Waals surface area contributed by atoms with Crippen LogP contribution in [0.5, 0.6) is 5.75 Å². The highest BCUT2D eigenvalue weighted by atomic mass is 79.9. The highest BCUT2D eigenvalue weighted by Crippen LogP contribution is 2.38. The monoisotopic (exact) mass is 274 g/mol. The molecule has 4 heteroatoms. The summed E-state index contributed by atoms with van der Waals surface area (Å²) in [6.07, 6.45) is 0. The Hall–Kier alpha value is -0.610. The van der Waals surface area contributed by atoms with Gasteiger partial charge in [-0.25, -0.2) is 4.39 Å². The van der Waals surface area contributed by atoms with Gasteiger partial charge in [-0.1, -0.05) is 0 Å². The van der Waals surface area contributed by atoms with E-state index in [1.165, 1.54) is 6.07 Å². The van der Waals surface area contributed by atoms with Crippen molar-refractivity contribution < 1.29 is 9.13 Å². The van der Waals surface area contributed by atoms with Gasteiger partial charge in [-0.15, -0.1) is 11.3 Å². The average Bonchev–Trinajstić information content (AvgIpc) is 2.53. The van der Waals surface area contributed by atoms with E-state index in [1.54, 1.807) is 17.4 Å². The lowest BCUT2D eigenvalue weighted by atomic mass is 10.2. The second-order valence-electron chi connectivity index (χ2n) is 2.77. The maximum absolute atomic E-state index is 13.4. The quantitative estimate of drug-likeness (QED) is 0.798. The van der Waals surface area contributed by atoms with Gasteiger partial charge >= 0.3 is 0 Å². The minimum Gasteiger partial charge on any atom is -0.490 e. The first-order chi connectivity index (χ1) is 6.74. The molecule has 0 amide bonds. The van der Waals surface area contributed by atoms with Gasteiger partial charge in [0.05, 0.1) is 12.0 Å². The van der Waals surface area contributed by atoms with Gasteiger partial charge in [-0.3, -0.25) is 0 Å². The third-order valence-electron chi connectivity index (χ3n) is 1.89. The Morgan fingerprint density at radius 2 is 2.29 bits per heavy atom. The molecule has 2 aromatic rings. The fraction of sp³-hybridized carbons (Fsp3) is 0.200. The Bertz CT molecular complexity index is 466. The van der Waals surface area contributed by atoms with Crippen LogP contribution in [0.2, 0.25) is 0 Å². The Morgan fingerprint density at radius 1 is 1.50 bits per heavy atom. The summed E-state index contributed by atoms with van der Waals surface area (Å²) < 4.78 is 20.6. The van der Waals surface area contributed by atoms with Crippen molar-refractivity contribution >= 4 is 37.4 Å². The number of benzene rings is 1. The first kappa shape index (κ1) is 9.93. The predicted molar refractivity (Wildman–Crippen MR) is 60.7 cm³/mol. The molecule has 0 saturated carbocycles. The van der Waals surface area contributed by atoms with Gasteiger partial charge in [0.1, 0.15) is 0 Å². The molecule has 14 heavy (non-hydrogen) atoms. The summed E-state index contributed by atoms with van der Waals surface area (Å²) in [6, 6.07) is 3.21. The van der Waals surface area contributed by atoms with Crippen molar-refractivity contribution in [3.05, 3.63) is 27.8 Å². The Labute approximate surface area is 93.6 Å². The summed E-state index contributed by atoms with van der Waals surface area (Å²) in [4.78, 5) is 0. The first-order valence-electron chi connectivity index (χ1n) is 4.22. The molecular formula is C10H8BrFOS. The van der Waals surface area contributed by atoms with Gasteiger partial charge in [-0.05, 0) is 35.0 Å². The van der Waals surface area contributed by atoms with Gasteiger partial charge in [0.2, 0.25) is 0 Å². The Balaban J connectivity index is 2.73. The number of ether oxygens (including phenoxy) is 1. The molecule has 0 atom stereocenters. The molecule has 0 aliphatic carbocycles. The molecule has 0 radical (unpaired) electrons. The summed E-state index contributed by atoms with van der Waals surface area (Å²) in [5.74, 6) is 0.0385. The molecule has 0 N–H and O–H groups in total. The topological polar surface area (TPSA) is 9.23 Å². The van der Waals surface area contributed by atoms with E-state index in [0.29, 0.717) is 12.4 Å². The highest BCUT2D eigenvalue weighted by molar-refractivity contribution is 9.10. The van der Waals surface area contributed by atoms with Crippen molar-refractivity contribution in [3.63, 3.8) is 0 Å². The second-order valence-corrected chi connectivity index (χ2v) is 4.53. The fourth-order valence-corrected chi connectivity index (χ4v) is 2.94. The van der Waals surface area contributed by atoms with Crippen molar-refractivity contribution in [1.82, 2.24) is 0 Å². The van der Waals surface area contributed by atoms with Crippen molar-refractivity contribution in [2.75, 3.05) is 6.61 Å². The van der Waals surface area contributed by atoms with Crippen LogP contribution in [0.4, 0.5) is 4.39 Å². The van der Waals surface area contributed by atoms with E-state index >= 15 is 0 Å². The van der Waals surface area contributed by atoms with Crippen molar-refractivity contribution in [1.29, 1.82) is 0 Å². The fourth-order valence-electron chi connectivity index (χ4n) is 1.32. The second kappa shape index (κ2) is 3.87. The molecule has 2 rings (SSSR count). The van der Waals surface area contributed by atoms with E-state index in [0.717, 1.165) is 14.6 Å². The van der Waals surface area contributed by atoms with E-state index in [2.05, 4.69) is 15.9 Å². The van der Waals surface area contributed by atoms with Gasteiger partial charge in [0, 0.05) is 14.6 Å². The van der Waals surface area contributed by atoms with E-state index in [-0.39, 0.29) is 5.82 Å². The minimum absolute atomic E-state index is 0.307. The zero-order valence-electron chi connectivity index (χ0n) is 7.51. The SMILES string of the molecule is CCOc1c(F)ccc2scc(Br)c12.